The Labute approximate surface area is 228 Å². The number of nitrogen functional groups attached to an aromatic ring is 1. The van der Waals surface area contributed by atoms with E-state index in [0.29, 0.717) is 29.1 Å². The zero-order chi connectivity index (χ0) is 27.8. The molecule has 0 saturated heterocycles. The number of hydrogen-bond donors (Lipinski definition) is 4. The number of benzene rings is 4. The Kier molecular flexibility index (Phi) is 8.75. The molecule has 4 rings (SSSR count). The molecule has 0 unspecified atom stereocenters. The SMILES string of the molecule is CS(=O)(=O)c1ccccc1-c1ccc(NC(=O)[C@H](COCc2ccccc2)Nc2cccc(C(=N)N)c2)cc1. The molecule has 0 fully saturated rings. The Morgan fingerprint density at radius 1 is 0.897 bits per heavy atom. The van der Waals surface area contributed by atoms with Gasteiger partial charge in [-0.3, -0.25) is 10.2 Å². The summed E-state index contributed by atoms with van der Waals surface area (Å²) in [5, 5.41) is 13.8. The third-order valence-electron chi connectivity index (χ3n) is 5.98. The van der Waals surface area contributed by atoms with Gasteiger partial charge in [-0.25, -0.2) is 8.42 Å². The second-order valence-corrected chi connectivity index (χ2v) is 11.0. The number of sulfone groups is 1. The highest BCUT2D eigenvalue weighted by molar-refractivity contribution is 7.90. The Hall–Kier alpha value is -4.47. The van der Waals surface area contributed by atoms with Crippen molar-refractivity contribution in [3.63, 3.8) is 0 Å². The average molecular weight is 543 g/mol. The van der Waals surface area contributed by atoms with Crippen LogP contribution in [0.25, 0.3) is 11.1 Å². The quantitative estimate of drug-likeness (QED) is 0.161. The van der Waals surface area contributed by atoms with E-state index >= 15 is 0 Å². The highest BCUT2D eigenvalue weighted by Crippen LogP contribution is 2.28. The van der Waals surface area contributed by atoms with Gasteiger partial charge in [0.1, 0.15) is 11.9 Å². The summed E-state index contributed by atoms with van der Waals surface area (Å²) in [6.07, 6.45) is 1.18. The van der Waals surface area contributed by atoms with Gasteiger partial charge in [-0.05, 0) is 41.5 Å². The van der Waals surface area contributed by atoms with Crippen LogP contribution in [0, 0.1) is 5.41 Å². The van der Waals surface area contributed by atoms with Crippen LogP contribution in [-0.4, -0.2) is 39.1 Å². The first-order valence-electron chi connectivity index (χ1n) is 12.2. The summed E-state index contributed by atoms with van der Waals surface area (Å²) in [7, 11) is -3.40. The zero-order valence-corrected chi connectivity index (χ0v) is 22.2. The molecule has 200 valence electrons. The van der Waals surface area contributed by atoms with Crippen LogP contribution in [0.5, 0.6) is 0 Å². The fraction of sp³-hybridized carbons (Fsp3) is 0.133. The molecular formula is C30H30N4O4S. The number of carbonyl (C=O) groups excluding carboxylic acids is 1. The van der Waals surface area contributed by atoms with Gasteiger partial charge < -0.3 is 21.1 Å². The first kappa shape index (κ1) is 27.6. The van der Waals surface area contributed by atoms with Gasteiger partial charge in [-0.2, -0.15) is 0 Å². The van der Waals surface area contributed by atoms with Crippen molar-refractivity contribution in [3.8, 4) is 11.1 Å². The highest BCUT2D eigenvalue weighted by atomic mass is 32.2. The van der Waals surface area contributed by atoms with Gasteiger partial charge in [0.05, 0.1) is 18.1 Å². The molecule has 9 heteroatoms. The Balaban J connectivity index is 1.50. The number of carbonyl (C=O) groups is 1. The van der Waals surface area contributed by atoms with Crippen molar-refractivity contribution in [2.24, 2.45) is 5.73 Å². The van der Waals surface area contributed by atoms with Crippen molar-refractivity contribution in [2.45, 2.75) is 17.5 Å². The number of hydrogen-bond acceptors (Lipinski definition) is 6. The average Bonchev–Trinajstić information content (AvgIpc) is 2.93. The lowest BCUT2D eigenvalue weighted by Gasteiger charge is -2.20. The summed E-state index contributed by atoms with van der Waals surface area (Å²) in [4.78, 5) is 13.6. The molecule has 0 aliphatic rings. The van der Waals surface area contributed by atoms with Gasteiger partial charge in [0.25, 0.3) is 0 Å². The molecule has 0 spiro atoms. The van der Waals surface area contributed by atoms with Crippen molar-refractivity contribution < 1.29 is 17.9 Å². The van der Waals surface area contributed by atoms with Gasteiger partial charge in [-0.15, -0.1) is 0 Å². The third-order valence-corrected chi connectivity index (χ3v) is 7.13. The van der Waals surface area contributed by atoms with Crippen LogP contribution in [0.1, 0.15) is 11.1 Å². The van der Waals surface area contributed by atoms with E-state index in [0.717, 1.165) is 11.1 Å². The summed E-state index contributed by atoms with van der Waals surface area (Å²) in [5.41, 5.74) is 9.63. The summed E-state index contributed by atoms with van der Waals surface area (Å²) in [6.45, 7) is 0.430. The fourth-order valence-corrected chi connectivity index (χ4v) is 4.93. The van der Waals surface area contributed by atoms with Crippen LogP contribution in [0.2, 0.25) is 0 Å². The third kappa shape index (κ3) is 7.53. The predicted molar refractivity (Wildman–Crippen MR) is 155 cm³/mol. The van der Waals surface area contributed by atoms with Gasteiger partial charge in [0.15, 0.2) is 9.84 Å². The Morgan fingerprint density at radius 2 is 1.59 bits per heavy atom. The number of rotatable bonds is 11. The maximum Gasteiger partial charge on any atom is 0.249 e. The number of anilines is 2. The highest BCUT2D eigenvalue weighted by Gasteiger charge is 2.20. The lowest BCUT2D eigenvalue weighted by atomic mass is 10.1. The molecule has 0 bridgehead atoms. The lowest BCUT2D eigenvalue weighted by molar-refractivity contribution is -0.118. The predicted octanol–water partition coefficient (Wildman–Crippen LogP) is 4.68. The molecule has 4 aromatic carbocycles. The van der Waals surface area contributed by atoms with E-state index in [2.05, 4.69) is 10.6 Å². The van der Waals surface area contributed by atoms with Crippen LogP contribution < -0.4 is 16.4 Å². The fourth-order valence-electron chi connectivity index (χ4n) is 4.02. The first-order valence-corrected chi connectivity index (χ1v) is 14.1. The smallest absolute Gasteiger partial charge is 0.249 e. The summed E-state index contributed by atoms with van der Waals surface area (Å²) in [5.74, 6) is -0.391. The molecule has 0 heterocycles. The Bertz CT molecular complexity index is 1560. The van der Waals surface area contributed by atoms with E-state index < -0.39 is 15.9 Å². The molecule has 0 saturated carbocycles. The monoisotopic (exact) mass is 542 g/mol. The van der Waals surface area contributed by atoms with Crippen LogP contribution in [0.3, 0.4) is 0 Å². The molecule has 39 heavy (non-hydrogen) atoms. The van der Waals surface area contributed by atoms with Crippen molar-refractivity contribution in [1.29, 1.82) is 5.41 Å². The van der Waals surface area contributed by atoms with E-state index in [-0.39, 0.29) is 23.2 Å². The second kappa shape index (κ2) is 12.4. The summed E-state index contributed by atoms with van der Waals surface area (Å²) < 4.78 is 30.3. The van der Waals surface area contributed by atoms with Crippen molar-refractivity contribution in [3.05, 3.63) is 114 Å². The number of ether oxygens (including phenoxy) is 1. The standard InChI is InChI=1S/C30H30N4O4S/c1-39(36,37)28-13-6-5-12-26(28)22-14-16-24(17-15-22)34-30(35)27(20-38-19-21-8-3-2-4-9-21)33-25-11-7-10-23(18-25)29(31)32/h2-18,27,33H,19-20H2,1H3,(H3,31,32)(H,34,35)/t27-/m0/s1. The molecule has 0 aliphatic carbocycles. The van der Waals surface area contributed by atoms with E-state index in [1.165, 1.54) is 6.26 Å². The number of amidine groups is 1. The zero-order valence-electron chi connectivity index (χ0n) is 21.4. The van der Waals surface area contributed by atoms with Gasteiger partial charge in [-0.1, -0.05) is 72.8 Å². The lowest BCUT2D eigenvalue weighted by Crippen LogP contribution is -2.38. The van der Waals surface area contributed by atoms with Crippen molar-refractivity contribution in [1.82, 2.24) is 0 Å². The van der Waals surface area contributed by atoms with Crippen LogP contribution in [0.15, 0.2) is 108 Å². The molecule has 0 aliphatic heterocycles. The van der Waals surface area contributed by atoms with E-state index in [1.807, 2.05) is 30.3 Å². The van der Waals surface area contributed by atoms with E-state index in [9.17, 15) is 13.2 Å². The van der Waals surface area contributed by atoms with Crippen LogP contribution in [0.4, 0.5) is 11.4 Å². The molecule has 0 aromatic heterocycles. The molecule has 4 aromatic rings. The summed E-state index contributed by atoms with van der Waals surface area (Å²) in [6, 6.07) is 29.7. The minimum atomic E-state index is -3.40. The summed E-state index contributed by atoms with van der Waals surface area (Å²) >= 11 is 0. The van der Waals surface area contributed by atoms with Gasteiger partial charge in [0.2, 0.25) is 5.91 Å². The van der Waals surface area contributed by atoms with Crippen molar-refractivity contribution in [2.75, 3.05) is 23.5 Å². The normalized spacial score (nSPS) is 11.9. The molecule has 8 nitrogen and oxygen atoms in total. The first-order chi connectivity index (χ1) is 18.7. The van der Waals surface area contributed by atoms with Gasteiger partial charge >= 0.3 is 0 Å². The largest absolute Gasteiger partial charge is 0.384 e. The minimum absolute atomic E-state index is 0.0717. The molecule has 1 atom stereocenters. The molecule has 5 N–H and O–H groups in total. The number of amides is 1. The van der Waals surface area contributed by atoms with Gasteiger partial charge in [0, 0.05) is 28.8 Å². The topological polar surface area (TPSA) is 134 Å². The maximum atomic E-state index is 13.3. The van der Waals surface area contributed by atoms with E-state index in [4.69, 9.17) is 15.9 Å². The maximum absolute atomic E-state index is 13.3. The van der Waals surface area contributed by atoms with E-state index in [1.54, 1.807) is 72.8 Å². The molecular weight excluding hydrogens is 512 g/mol. The second-order valence-electron chi connectivity index (χ2n) is 9.03. The Morgan fingerprint density at radius 3 is 2.28 bits per heavy atom. The van der Waals surface area contributed by atoms with Crippen LogP contribution >= 0.6 is 0 Å². The van der Waals surface area contributed by atoms with Crippen LogP contribution in [-0.2, 0) is 26.0 Å². The molecule has 0 radical (unpaired) electrons. The number of nitrogens with two attached hydrogens (primary N) is 1. The minimum Gasteiger partial charge on any atom is -0.384 e. The number of nitrogens with one attached hydrogen (secondary N) is 3. The molecule has 1 amide bonds. The van der Waals surface area contributed by atoms with Crippen molar-refractivity contribution >= 4 is 33.0 Å².